The van der Waals surface area contributed by atoms with Crippen molar-refractivity contribution in [3.8, 4) is 0 Å². The Morgan fingerprint density at radius 1 is 1.53 bits per heavy atom. The lowest BCUT2D eigenvalue weighted by Gasteiger charge is -2.02. The van der Waals surface area contributed by atoms with Gasteiger partial charge in [-0.2, -0.15) is 5.10 Å². The molecule has 2 rings (SSSR count). The molecule has 0 saturated carbocycles. The van der Waals surface area contributed by atoms with Gasteiger partial charge in [0.15, 0.2) is 0 Å². The Hall–Kier alpha value is -2.37. The van der Waals surface area contributed by atoms with E-state index in [1.54, 1.807) is 18.2 Å². The lowest BCUT2D eigenvalue weighted by atomic mass is 10.3. The van der Waals surface area contributed by atoms with E-state index in [1.165, 1.54) is 0 Å². The van der Waals surface area contributed by atoms with Crippen molar-refractivity contribution in [3.05, 3.63) is 41.3 Å². The number of H-pyrrole nitrogens is 1. The highest BCUT2D eigenvalue weighted by molar-refractivity contribution is 5.92. The van der Waals surface area contributed by atoms with Crippen LogP contribution >= 0.6 is 0 Å². The number of carbonyl (C=O) groups is 1. The standard InChI is InChI=1S/C11H13N5O/c1-7-5-8(16-15-7)6-13-11(17)9-3-2-4-10(12)14-9/h2-5H,6H2,1H3,(H2,12,14)(H,13,17)(H,15,16). The van der Waals surface area contributed by atoms with E-state index in [9.17, 15) is 4.79 Å². The fourth-order valence-corrected chi connectivity index (χ4v) is 1.40. The third-order valence-corrected chi connectivity index (χ3v) is 2.19. The molecule has 0 spiro atoms. The molecule has 2 aromatic heterocycles. The van der Waals surface area contributed by atoms with Crippen LogP contribution in [0.15, 0.2) is 24.3 Å². The van der Waals surface area contributed by atoms with E-state index in [1.807, 2.05) is 13.0 Å². The number of anilines is 1. The molecule has 0 unspecified atom stereocenters. The van der Waals surface area contributed by atoms with Gasteiger partial charge in [0.05, 0.1) is 12.2 Å². The van der Waals surface area contributed by atoms with Crippen LogP contribution in [-0.2, 0) is 6.54 Å². The molecule has 1 amide bonds. The summed E-state index contributed by atoms with van der Waals surface area (Å²) in [5.74, 6) is 0.0613. The summed E-state index contributed by atoms with van der Waals surface area (Å²) in [6, 6.07) is 6.80. The Kier molecular flexibility index (Phi) is 3.04. The van der Waals surface area contributed by atoms with Crippen LogP contribution in [0.5, 0.6) is 0 Å². The first-order valence-corrected chi connectivity index (χ1v) is 5.17. The van der Waals surface area contributed by atoms with Gasteiger partial charge in [-0.1, -0.05) is 6.07 Å². The van der Waals surface area contributed by atoms with Crippen LogP contribution < -0.4 is 11.1 Å². The molecule has 0 saturated heterocycles. The average Bonchev–Trinajstić information content (AvgIpc) is 2.72. The van der Waals surface area contributed by atoms with Crippen molar-refractivity contribution in [2.75, 3.05) is 5.73 Å². The molecule has 0 bridgehead atoms. The molecule has 88 valence electrons. The monoisotopic (exact) mass is 231 g/mol. The van der Waals surface area contributed by atoms with Crippen LogP contribution in [0.1, 0.15) is 21.9 Å². The SMILES string of the molecule is Cc1cc(CNC(=O)c2cccc(N)n2)n[nH]1. The number of pyridine rings is 1. The van der Waals surface area contributed by atoms with Gasteiger partial charge in [-0.15, -0.1) is 0 Å². The van der Waals surface area contributed by atoms with E-state index >= 15 is 0 Å². The Morgan fingerprint density at radius 2 is 2.35 bits per heavy atom. The quantitative estimate of drug-likeness (QED) is 0.721. The predicted octanol–water partition coefficient (Wildman–Crippen LogP) is 0.625. The van der Waals surface area contributed by atoms with Gasteiger partial charge in [-0.25, -0.2) is 4.98 Å². The molecule has 6 nitrogen and oxygen atoms in total. The summed E-state index contributed by atoms with van der Waals surface area (Å²) in [5.41, 5.74) is 7.53. The van der Waals surface area contributed by atoms with Gasteiger partial charge >= 0.3 is 0 Å². The van der Waals surface area contributed by atoms with Crippen molar-refractivity contribution < 1.29 is 4.79 Å². The first-order valence-electron chi connectivity index (χ1n) is 5.17. The Morgan fingerprint density at radius 3 is 3.00 bits per heavy atom. The Balaban J connectivity index is 1.98. The van der Waals surface area contributed by atoms with Crippen molar-refractivity contribution in [3.63, 3.8) is 0 Å². The second-order valence-corrected chi connectivity index (χ2v) is 3.67. The smallest absolute Gasteiger partial charge is 0.270 e. The third kappa shape index (κ3) is 2.81. The first-order chi connectivity index (χ1) is 8.15. The Labute approximate surface area is 98.3 Å². The summed E-state index contributed by atoms with van der Waals surface area (Å²) in [7, 11) is 0. The van der Waals surface area contributed by atoms with Gasteiger partial charge in [0.25, 0.3) is 5.91 Å². The van der Waals surface area contributed by atoms with Crippen molar-refractivity contribution in [1.82, 2.24) is 20.5 Å². The molecular formula is C11H13N5O. The van der Waals surface area contributed by atoms with Gasteiger partial charge in [-0.05, 0) is 25.1 Å². The first kappa shape index (κ1) is 11.1. The molecule has 0 aliphatic carbocycles. The molecule has 0 radical (unpaired) electrons. The van der Waals surface area contributed by atoms with Crippen LogP contribution in [0.2, 0.25) is 0 Å². The molecule has 0 fully saturated rings. The van der Waals surface area contributed by atoms with Gasteiger partial charge in [0.2, 0.25) is 0 Å². The highest BCUT2D eigenvalue weighted by Gasteiger charge is 2.07. The number of rotatable bonds is 3. The second kappa shape index (κ2) is 4.65. The summed E-state index contributed by atoms with van der Waals surface area (Å²) in [4.78, 5) is 15.6. The maximum absolute atomic E-state index is 11.7. The highest BCUT2D eigenvalue weighted by Crippen LogP contribution is 2.01. The van der Waals surface area contributed by atoms with E-state index in [2.05, 4.69) is 20.5 Å². The Bertz CT molecular complexity index is 534. The van der Waals surface area contributed by atoms with E-state index in [0.717, 1.165) is 11.4 Å². The van der Waals surface area contributed by atoms with Gasteiger partial charge < -0.3 is 11.1 Å². The summed E-state index contributed by atoms with van der Waals surface area (Å²) in [5, 5.41) is 9.53. The van der Waals surface area contributed by atoms with Crippen molar-refractivity contribution in [2.45, 2.75) is 13.5 Å². The van der Waals surface area contributed by atoms with Crippen LogP contribution in [0.3, 0.4) is 0 Å². The van der Waals surface area contributed by atoms with Gasteiger partial charge in [-0.3, -0.25) is 9.89 Å². The number of carbonyl (C=O) groups excluding carboxylic acids is 1. The molecule has 17 heavy (non-hydrogen) atoms. The highest BCUT2D eigenvalue weighted by atomic mass is 16.1. The fraction of sp³-hybridized carbons (Fsp3) is 0.182. The molecule has 0 aromatic carbocycles. The lowest BCUT2D eigenvalue weighted by Crippen LogP contribution is -2.24. The zero-order valence-electron chi connectivity index (χ0n) is 9.40. The molecule has 6 heteroatoms. The number of amides is 1. The number of nitrogens with two attached hydrogens (primary N) is 1. The van der Waals surface area contributed by atoms with Gasteiger partial charge in [0.1, 0.15) is 11.5 Å². The van der Waals surface area contributed by atoms with Crippen molar-refractivity contribution in [1.29, 1.82) is 0 Å². The number of aromatic amines is 1. The number of hydrogen-bond donors (Lipinski definition) is 3. The number of nitrogen functional groups attached to an aromatic ring is 1. The number of aryl methyl sites for hydroxylation is 1. The maximum Gasteiger partial charge on any atom is 0.270 e. The fourth-order valence-electron chi connectivity index (χ4n) is 1.40. The second-order valence-electron chi connectivity index (χ2n) is 3.67. The van der Waals surface area contributed by atoms with E-state index < -0.39 is 0 Å². The summed E-state index contributed by atoms with van der Waals surface area (Å²) >= 11 is 0. The lowest BCUT2D eigenvalue weighted by molar-refractivity contribution is 0.0945. The maximum atomic E-state index is 11.7. The molecule has 4 N–H and O–H groups in total. The number of hydrogen-bond acceptors (Lipinski definition) is 4. The minimum Gasteiger partial charge on any atom is -0.384 e. The number of nitrogens with zero attached hydrogens (tertiary/aromatic N) is 2. The minimum atomic E-state index is -0.266. The molecule has 0 aliphatic heterocycles. The van der Waals surface area contributed by atoms with E-state index in [0.29, 0.717) is 18.1 Å². The number of nitrogens with one attached hydrogen (secondary N) is 2. The molecule has 2 aromatic rings. The van der Waals surface area contributed by atoms with E-state index in [-0.39, 0.29) is 5.91 Å². The minimum absolute atomic E-state index is 0.266. The van der Waals surface area contributed by atoms with Crippen LogP contribution in [0, 0.1) is 6.92 Å². The average molecular weight is 231 g/mol. The molecular weight excluding hydrogens is 218 g/mol. The normalized spacial score (nSPS) is 10.2. The van der Waals surface area contributed by atoms with E-state index in [4.69, 9.17) is 5.73 Å². The van der Waals surface area contributed by atoms with Crippen LogP contribution in [-0.4, -0.2) is 21.1 Å². The topological polar surface area (TPSA) is 96.7 Å². The molecule has 0 aliphatic rings. The zero-order chi connectivity index (χ0) is 12.3. The van der Waals surface area contributed by atoms with Crippen molar-refractivity contribution >= 4 is 11.7 Å². The number of aromatic nitrogens is 3. The third-order valence-electron chi connectivity index (χ3n) is 2.19. The summed E-state index contributed by atoms with van der Waals surface area (Å²) in [6.07, 6.45) is 0. The zero-order valence-corrected chi connectivity index (χ0v) is 9.40. The molecule has 2 heterocycles. The largest absolute Gasteiger partial charge is 0.384 e. The molecule has 0 atom stereocenters. The van der Waals surface area contributed by atoms with Gasteiger partial charge in [0, 0.05) is 5.69 Å². The predicted molar refractivity (Wildman–Crippen MR) is 63.1 cm³/mol. The van der Waals surface area contributed by atoms with Crippen LogP contribution in [0.25, 0.3) is 0 Å². The van der Waals surface area contributed by atoms with Crippen LogP contribution in [0.4, 0.5) is 5.82 Å². The van der Waals surface area contributed by atoms with Crippen molar-refractivity contribution in [2.24, 2.45) is 0 Å². The summed E-state index contributed by atoms with van der Waals surface area (Å²) < 4.78 is 0. The summed E-state index contributed by atoms with van der Waals surface area (Å²) in [6.45, 7) is 2.26.